The van der Waals surface area contributed by atoms with Crippen molar-refractivity contribution < 1.29 is 24.5 Å². The van der Waals surface area contributed by atoms with E-state index in [4.69, 9.17) is 19.7 Å². The largest absolute Gasteiger partial charge is 0.465 e. The summed E-state index contributed by atoms with van der Waals surface area (Å²) >= 11 is 0. The van der Waals surface area contributed by atoms with Gasteiger partial charge in [0.15, 0.2) is 0 Å². The van der Waals surface area contributed by atoms with Crippen molar-refractivity contribution in [3.05, 3.63) is 0 Å². The molecule has 0 saturated carbocycles. The molecule has 1 saturated heterocycles. The Hall–Kier alpha value is -0.850. The van der Waals surface area contributed by atoms with E-state index in [-0.39, 0.29) is 19.3 Å². The van der Waals surface area contributed by atoms with E-state index in [2.05, 4.69) is 0 Å². The van der Waals surface area contributed by atoms with Crippen molar-refractivity contribution in [2.24, 2.45) is 0 Å². The summed E-state index contributed by atoms with van der Waals surface area (Å²) in [5.41, 5.74) is 0. The standard InChI is InChI=1S/C8H15NO5/c10-2-4-13-6-7-5-9(8(11)12)1-3-14-7/h7,10H,1-6H2,(H,11,12)/t7-/m0/s1. The summed E-state index contributed by atoms with van der Waals surface area (Å²) in [5, 5.41) is 17.2. The molecular weight excluding hydrogens is 190 g/mol. The van der Waals surface area contributed by atoms with Gasteiger partial charge in [-0.05, 0) is 0 Å². The molecule has 1 heterocycles. The van der Waals surface area contributed by atoms with Gasteiger partial charge in [-0.25, -0.2) is 4.79 Å². The van der Waals surface area contributed by atoms with E-state index in [1.54, 1.807) is 0 Å². The second kappa shape index (κ2) is 5.79. The number of amides is 1. The Balaban J connectivity index is 2.22. The lowest BCUT2D eigenvalue weighted by molar-refractivity contribution is -0.0663. The van der Waals surface area contributed by atoms with E-state index in [9.17, 15) is 4.79 Å². The molecule has 0 aromatic heterocycles. The minimum atomic E-state index is -0.930. The van der Waals surface area contributed by atoms with Crippen LogP contribution in [0.25, 0.3) is 0 Å². The van der Waals surface area contributed by atoms with Gasteiger partial charge in [0.25, 0.3) is 0 Å². The van der Waals surface area contributed by atoms with Gasteiger partial charge in [0.1, 0.15) is 0 Å². The summed E-state index contributed by atoms with van der Waals surface area (Å²) in [6, 6.07) is 0. The number of carboxylic acid groups (broad SMARTS) is 1. The summed E-state index contributed by atoms with van der Waals surface area (Å²) in [4.78, 5) is 11.9. The van der Waals surface area contributed by atoms with E-state index in [0.717, 1.165) is 0 Å². The summed E-state index contributed by atoms with van der Waals surface area (Å²) in [7, 11) is 0. The molecule has 1 aliphatic rings. The maximum atomic E-state index is 10.6. The first kappa shape index (κ1) is 11.2. The van der Waals surface area contributed by atoms with Gasteiger partial charge in [0, 0.05) is 6.54 Å². The third-order valence-corrected chi connectivity index (χ3v) is 1.95. The Morgan fingerprint density at radius 1 is 1.64 bits per heavy atom. The van der Waals surface area contributed by atoms with E-state index in [1.807, 2.05) is 0 Å². The Kier molecular flexibility index (Phi) is 4.64. The first-order valence-electron chi connectivity index (χ1n) is 4.52. The molecule has 0 spiro atoms. The molecule has 0 radical (unpaired) electrons. The highest BCUT2D eigenvalue weighted by Crippen LogP contribution is 2.05. The molecule has 1 rings (SSSR count). The van der Waals surface area contributed by atoms with E-state index < -0.39 is 6.09 Å². The maximum Gasteiger partial charge on any atom is 0.407 e. The number of aliphatic hydroxyl groups excluding tert-OH is 1. The van der Waals surface area contributed by atoms with Crippen LogP contribution in [-0.2, 0) is 9.47 Å². The number of rotatable bonds is 4. The predicted molar refractivity (Wildman–Crippen MR) is 47.2 cm³/mol. The molecule has 1 atom stereocenters. The Labute approximate surface area is 82.0 Å². The van der Waals surface area contributed by atoms with Gasteiger partial charge in [-0.3, -0.25) is 0 Å². The zero-order chi connectivity index (χ0) is 10.4. The normalized spacial score (nSPS) is 22.4. The molecule has 2 N–H and O–H groups in total. The lowest BCUT2D eigenvalue weighted by Crippen LogP contribution is -2.46. The molecule has 6 nitrogen and oxygen atoms in total. The minimum Gasteiger partial charge on any atom is -0.465 e. The lowest BCUT2D eigenvalue weighted by Gasteiger charge is -2.30. The fourth-order valence-electron chi connectivity index (χ4n) is 1.27. The number of carbonyl (C=O) groups is 1. The number of morpholine rings is 1. The Morgan fingerprint density at radius 2 is 2.43 bits per heavy atom. The van der Waals surface area contributed by atoms with E-state index in [1.165, 1.54) is 4.90 Å². The maximum absolute atomic E-state index is 10.6. The molecule has 82 valence electrons. The summed E-state index contributed by atoms with van der Waals surface area (Å²) in [5.74, 6) is 0. The number of nitrogens with zero attached hydrogens (tertiary/aromatic N) is 1. The zero-order valence-electron chi connectivity index (χ0n) is 7.89. The smallest absolute Gasteiger partial charge is 0.407 e. The van der Waals surface area contributed by atoms with Crippen molar-refractivity contribution in [1.29, 1.82) is 0 Å². The van der Waals surface area contributed by atoms with Crippen LogP contribution in [0, 0.1) is 0 Å². The van der Waals surface area contributed by atoms with Gasteiger partial charge < -0.3 is 24.6 Å². The number of aliphatic hydroxyl groups is 1. The van der Waals surface area contributed by atoms with Crippen molar-refractivity contribution in [2.45, 2.75) is 6.10 Å². The van der Waals surface area contributed by atoms with Crippen LogP contribution in [0.3, 0.4) is 0 Å². The SMILES string of the molecule is O=C(O)N1CCO[C@H](COCCO)C1. The van der Waals surface area contributed by atoms with Crippen molar-refractivity contribution in [1.82, 2.24) is 4.90 Å². The average Bonchev–Trinajstić information content (AvgIpc) is 2.19. The Bertz CT molecular complexity index is 187. The molecule has 0 bridgehead atoms. The molecule has 1 amide bonds. The van der Waals surface area contributed by atoms with Crippen LogP contribution in [0.15, 0.2) is 0 Å². The van der Waals surface area contributed by atoms with Crippen LogP contribution in [-0.4, -0.2) is 66.8 Å². The fourth-order valence-corrected chi connectivity index (χ4v) is 1.27. The van der Waals surface area contributed by atoms with Gasteiger partial charge >= 0.3 is 6.09 Å². The fraction of sp³-hybridized carbons (Fsp3) is 0.875. The molecule has 1 aliphatic heterocycles. The molecule has 14 heavy (non-hydrogen) atoms. The van der Waals surface area contributed by atoms with Gasteiger partial charge in [-0.1, -0.05) is 0 Å². The van der Waals surface area contributed by atoms with Crippen LogP contribution in [0.1, 0.15) is 0 Å². The van der Waals surface area contributed by atoms with Crippen LogP contribution >= 0.6 is 0 Å². The predicted octanol–water partition coefficient (Wildman–Crippen LogP) is -0.626. The van der Waals surface area contributed by atoms with Gasteiger partial charge in [0.05, 0.1) is 39.1 Å². The third kappa shape index (κ3) is 3.49. The molecular formula is C8H15NO5. The second-order valence-corrected chi connectivity index (χ2v) is 3.02. The van der Waals surface area contributed by atoms with Gasteiger partial charge in [0.2, 0.25) is 0 Å². The summed E-state index contributed by atoms with van der Waals surface area (Å²) in [6.45, 7) is 1.69. The summed E-state index contributed by atoms with van der Waals surface area (Å²) < 4.78 is 10.3. The van der Waals surface area contributed by atoms with Crippen LogP contribution in [0.4, 0.5) is 4.79 Å². The highest BCUT2D eigenvalue weighted by molar-refractivity contribution is 5.65. The molecule has 0 aliphatic carbocycles. The molecule has 0 aromatic rings. The topological polar surface area (TPSA) is 79.2 Å². The number of hydrogen-bond acceptors (Lipinski definition) is 4. The van der Waals surface area contributed by atoms with Gasteiger partial charge in [-0.15, -0.1) is 0 Å². The van der Waals surface area contributed by atoms with Crippen molar-refractivity contribution in [2.75, 3.05) is 39.5 Å². The first-order valence-corrected chi connectivity index (χ1v) is 4.52. The zero-order valence-corrected chi connectivity index (χ0v) is 7.89. The van der Waals surface area contributed by atoms with Crippen LogP contribution in [0.5, 0.6) is 0 Å². The van der Waals surface area contributed by atoms with Crippen molar-refractivity contribution in [3.63, 3.8) is 0 Å². The van der Waals surface area contributed by atoms with E-state index in [0.29, 0.717) is 26.3 Å². The van der Waals surface area contributed by atoms with Crippen LogP contribution < -0.4 is 0 Å². The first-order chi connectivity index (χ1) is 6.74. The quantitative estimate of drug-likeness (QED) is 0.598. The molecule has 0 unspecified atom stereocenters. The molecule has 1 fully saturated rings. The Morgan fingerprint density at radius 3 is 3.07 bits per heavy atom. The van der Waals surface area contributed by atoms with Crippen molar-refractivity contribution in [3.8, 4) is 0 Å². The third-order valence-electron chi connectivity index (χ3n) is 1.95. The second-order valence-electron chi connectivity index (χ2n) is 3.02. The summed E-state index contributed by atoms with van der Waals surface area (Å²) in [6.07, 6.45) is -1.15. The molecule has 0 aromatic carbocycles. The number of hydrogen-bond donors (Lipinski definition) is 2. The van der Waals surface area contributed by atoms with Gasteiger partial charge in [-0.2, -0.15) is 0 Å². The number of ether oxygens (including phenoxy) is 2. The van der Waals surface area contributed by atoms with E-state index >= 15 is 0 Å². The highest BCUT2D eigenvalue weighted by atomic mass is 16.5. The highest BCUT2D eigenvalue weighted by Gasteiger charge is 2.23. The van der Waals surface area contributed by atoms with Crippen LogP contribution in [0.2, 0.25) is 0 Å². The minimum absolute atomic E-state index is 0.0324. The average molecular weight is 205 g/mol. The van der Waals surface area contributed by atoms with Crippen molar-refractivity contribution >= 4 is 6.09 Å². The lowest BCUT2D eigenvalue weighted by atomic mass is 10.3. The molecule has 6 heteroatoms. The monoisotopic (exact) mass is 205 g/mol.